The first-order valence-electron chi connectivity index (χ1n) is 9.32. The van der Waals surface area contributed by atoms with Gasteiger partial charge in [0.15, 0.2) is 0 Å². The minimum absolute atomic E-state index is 0.0534. The van der Waals surface area contributed by atoms with E-state index in [-0.39, 0.29) is 29.4 Å². The Kier molecular flexibility index (Phi) is 6.73. The quantitative estimate of drug-likeness (QED) is 0.672. The summed E-state index contributed by atoms with van der Waals surface area (Å²) in [6.07, 6.45) is 0. The second-order valence-corrected chi connectivity index (χ2v) is 7.08. The number of carbonyl (C=O) groups excluding carboxylic acids is 1. The molecule has 0 fully saturated rings. The number of esters is 1. The fraction of sp³-hybridized carbons (Fsp3) is 0.217. The summed E-state index contributed by atoms with van der Waals surface area (Å²) >= 11 is 6.17. The molecule has 31 heavy (non-hydrogen) atoms. The van der Waals surface area contributed by atoms with Crippen LogP contribution in [-0.4, -0.2) is 20.2 Å². The SMILES string of the molecule is COC(=O)C1=C(C)OC(N)=C(C#N)C1c1ccc(OC)c(COc2ccccc2Cl)c1. The van der Waals surface area contributed by atoms with Crippen molar-refractivity contribution in [3.05, 3.63) is 81.4 Å². The summed E-state index contributed by atoms with van der Waals surface area (Å²) < 4.78 is 21.7. The third kappa shape index (κ3) is 4.44. The van der Waals surface area contributed by atoms with Gasteiger partial charge in [-0.15, -0.1) is 0 Å². The van der Waals surface area contributed by atoms with Gasteiger partial charge in [-0.1, -0.05) is 29.8 Å². The minimum Gasteiger partial charge on any atom is -0.496 e. The van der Waals surface area contributed by atoms with E-state index in [1.807, 2.05) is 12.1 Å². The van der Waals surface area contributed by atoms with Crippen LogP contribution in [0.1, 0.15) is 24.0 Å². The van der Waals surface area contributed by atoms with E-state index < -0.39 is 11.9 Å². The number of nitrogens with two attached hydrogens (primary N) is 1. The maximum absolute atomic E-state index is 12.5. The fourth-order valence-electron chi connectivity index (χ4n) is 3.40. The van der Waals surface area contributed by atoms with E-state index in [0.717, 1.165) is 0 Å². The van der Waals surface area contributed by atoms with Crippen LogP contribution in [0.3, 0.4) is 0 Å². The molecule has 2 aromatic rings. The van der Waals surface area contributed by atoms with Crippen molar-refractivity contribution in [2.45, 2.75) is 19.4 Å². The van der Waals surface area contributed by atoms with Crippen LogP contribution in [0.2, 0.25) is 5.02 Å². The first kappa shape index (κ1) is 22.1. The Labute approximate surface area is 185 Å². The Hall–Kier alpha value is -3.63. The predicted octanol–water partition coefficient (Wildman–Crippen LogP) is 4.18. The van der Waals surface area contributed by atoms with Crippen molar-refractivity contribution in [2.75, 3.05) is 14.2 Å². The van der Waals surface area contributed by atoms with Crippen LogP contribution in [0.15, 0.2) is 65.3 Å². The number of hydrogen-bond acceptors (Lipinski definition) is 7. The van der Waals surface area contributed by atoms with Gasteiger partial charge < -0.3 is 24.7 Å². The van der Waals surface area contributed by atoms with Gasteiger partial charge in [-0.3, -0.25) is 0 Å². The van der Waals surface area contributed by atoms with Gasteiger partial charge in [0.2, 0.25) is 5.88 Å². The Balaban J connectivity index is 2.05. The molecule has 1 atom stereocenters. The van der Waals surface area contributed by atoms with Crippen LogP contribution in [0.5, 0.6) is 11.5 Å². The van der Waals surface area contributed by atoms with Crippen LogP contribution in [0.4, 0.5) is 0 Å². The van der Waals surface area contributed by atoms with Crippen molar-refractivity contribution in [2.24, 2.45) is 5.73 Å². The lowest BCUT2D eigenvalue weighted by molar-refractivity contribution is -0.136. The van der Waals surface area contributed by atoms with Gasteiger partial charge in [0.25, 0.3) is 0 Å². The second-order valence-electron chi connectivity index (χ2n) is 6.68. The van der Waals surface area contributed by atoms with E-state index in [2.05, 4.69) is 6.07 Å². The number of nitriles is 1. The number of methoxy groups -OCH3 is 2. The number of carbonyl (C=O) groups is 1. The Morgan fingerprint density at radius 2 is 1.97 bits per heavy atom. The number of benzene rings is 2. The average molecular weight is 441 g/mol. The van der Waals surface area contributed by atoms with E-state index in [1.54, 1.807) is 44.4 Å². The number of nitrogens with zero attached hydrogens (tertiary/aromatic N) is 1. The zero-order valence-electron chi connectivity index (χ0n) is 17.3. The van der Waals surface area contributed by atoms with Crippen molar-refractivity contribution in [1.29, 1.82) is 5.26 Å². The summed E-state index contributed by atoms with van der Waals surface area (Å²) in [5.74, 6) is -0.0295. The first-order chi connectivity index (χ1) is 14.9. The van der Waals surface area contributed by atoms with Crippen LogP contribution in [0, 0.1) is 11.3 Å². The highest BCUT2D eigenvalue weighted by Crippen LogP contribution is 2.40. The van der Waals surface area contributed by atoms with Crippen LogP contribution in [-0.2, 0) is 20.9 Å². The average Bonchev–Trinajstić information content (AvgIpc) is 2.77. The molecular formula is C23H21ClN2O5. The summed E-state index contributed by atoms with van der Waals surface area (Å²) in [6.45, 7) is 1.76. The molecule has 2 N–H and O–H groups in total. The molecule has 0 spiro atoms. The largest absolute Gasteiger partial charge is 0.496 e. The predicted molar refractivity (Wildman–Crippen MR) is 114 cm³/mol. The van der Waals surface area contributed by atoms with E-state index in [9.17, 15) is 10.1 Å². The third-order valence-corrected chi connectivity index (χ3v) is 5.18. The molecular weight excluding hydrogens is 420 g/mol. The lowest BCUT2D eigenvalue weighted by Crippen LogP contribution is -2.25. The summed E-state index contributed by atoms with van der Waals surface area (Å²) in [4.78, 5) is 12.5. The molecule has 0 aliphatic carbocycles. The molecule has 1 aliphatic rings. The lowest BCUT2D eigenvalue weighted by atomic mass is 9.82. The molecule has 0 bridgehead atoms. The van der Waals surface area contributed by atoms with E-state index in [4.69, 9.17) is 36.3 Å². The van der Waals surface area contributed by atoms with Gasteiger partial charge in [0.05, 0.1) is 30.7 Å². The van der Waals surface area contributed by atoms with Crippen LogP contribution in [0.25, 0.3) is 0 Å². The number of rotatable bonds is 6. The molecule has 1 aliphatic heterocycles. The molecule has 0 radical (unpaired) electrons. The van der Waals surface area contributed by atoms with Crippen molar-refractivity contribution in [3.8, 4) is 17.6 Å². The maximum Gasteiger partial charge on any atom is 0.338 e. The Bertz CT molecular complexity index is 1120. The molecule has 0 saturated heterocycles. The zero-order chi connectivity index (χ0) is 22.5. The fourth-order valence-corrected chi connectivity index (χ4v) is 3.59. The topological polar surface area (TPSA) is 104 Å². The number of allylic oxidation sites excluding steroid dienone is 2. The molecule has 7 nitrogen and oxygen atoms in total. The normalized spacial score (nSPS) is 15.8. The van der Waals surface area contributed by atoms with Crippen LogP contribution >= 0.6 is 11.6 Å². The van der Waals surface area contributed by atoms with Gasteiger partial charge >= 0.3 is 5.97 Å². The standard InChI is InChI=1S/C23H21ClN2O5/c1-13-20(23(27)29-3)21(16(11-25)22(26)31-13)14-8-9-18(28-2)15(10-14)12-30-19-7-5-4-6-17(19)24/h4-10,21H,12,26H2,1-3H3. The van der Waals surface area contributed by atoms with E-state index in [0.29, 0.717) is 27.6 Å². The van der Waals surface area contributed by atoms with Gasteiger partial charge in [0, 0.05) is 5.56 Å². The molecule has 0 aromatic heterocycles. The molecule has 160 valence electrons. The molecule has 2 aromatic carbocycles. The number of ether oxygens (including phenoxy) is 4. The maximum atomic E-state index is 12.5. The second kappa shape index (κ2) is 9.45. The highest BCUT2D eigenvalue weighted by molar-refractivity contribution is 6.32. The molecule has 0 amide bonds. The summed E-state index contributed by atoms with van der Waals surface area (Å²) in [7, 11) is 2.81. The Morgan fingerprint density at radius 3 is 2.61 bits per heavy atom. The minimum atomic E-state index is -0.754. The summed E-state index contributed by atoms with van der Waals surface area (Å²) in [5, 5.41) is 10.2. The first-order valence-corrected chi connectivity index (χ1v) is 9.69. The Morgan fingerprint density at radius 1 is 1.23 bits per heavy atom. The smallest absolute Gasteiger partial charge is 0.338 e. The number of halogens is 1. The van der Waals surface area contributed by atoms with Gasteiger partial charge in [-0.05, 0) is 36.8 Å². The van der Waals surface area contributed by atoms with E-state index in [1.165, 1.54) is 7.11 Å². The zero-order valence-corrected chi connectivity index (χ0v) is 18.0. The van der Waals surface area contributed by atoms with Crippen molar-refractivity contribution < 1.29 is 23.7 Å². The highest BCUT2D eigenvalue weighted by Gasteiger charge is 2.36. The lowest BCUT2D eigenvalue weighted by Gasteiger charge is -2.27. The molecule has 0 saturated carbocycles. The van der Waals surface area contributed by atoms with Crippen LogP contribution < -0.4 is 15.2 Å². The van der Waals surface area contributed by atoms with Gasteiger partial charge in [-0.2, -0.15) is 5.26 Å². The summed E-state index contributed by atoms with van der Waals surface area (Å²) in [6, 6.07) is 14.5. The molecule has 1 heterocycles. The highest BCUT2D eigenvalue weighted by atomic mass is 35.5. The van der Waals surface area contributed by atoms with E-state index >= 15 is 0 Å². The van der Waals surface area contributed by atoms with Crippen molar-refractivity contribution >= 4 is 17.6 Å². The van der Waals surface area contributed by atoms with Gasteiger partial charge in [0.1, 0.15) is 35.5 Å². The molecule has 3 rings (SSSR count). The van der Waals surface area contributed by atoms with Crippen molar-refractivity contribution in [3.63, 3.8) is 0 Å². The summed E-state index contributed by atoms with van der Waals surface area (Å²) in [5.41, 5.74) is 7.60. The molecule has 8 heteroatoms. The van der Waals surface area contributed by atoms with Gasteiger partial charge in [-0.25, -0.2) is 4.79 Å². The third-order valence-electron chi connectivity index (χ3n) is 4.87. The van der Waals surface area contributed by atoms with Crippen molar-refractivity contribution in [1.82, 2.24) is 0 Å². The molecule has 1 unspecified atom stereocenters. The number of para-hydroxylation sites is 1. The number of hydrogen-bond donors (Lipinski definition) is 1. The monoisotopic (exact) mass is 440 g/mol.